The van der Waals surface area contributed by atoms with Crippen LogP contribution in [-0.4, -0.2) is 63.5 Å². The zero-order valence-corrected chi connectivity index (χ0v) is 11.7. The first kappa shape index (κ1) is 14.3. The Morgan fingerprint density at radius 3 is 2.56 bits per heavy atom. The van der Waals surface area contributed by atoms with Crippen molar-refractivity contribution in [2.24, 2.45) is 0 Å². The van der Waals surface area contributed by atoms with Gasteiger partial charge in [-0.2, -0.15) is 0 Å². The van der Waals surface area contributed by atoms with Crippen molar-refractivity contribution >= 4 is 0 Å². The average molecular weight is 256 g/mol. The Hall–Kier alpha value is -0.160. The van der Waals surface area contributed by atoms with E-state index < -0.39 is 0 Å². The predicted octanol–water partition coefficient (Wildman–Crippen LogP) is 1.26. The lowest BCUT2D eigenvalue weighted by Gasteiger charge is -2.29. The largest absolute Gasteiger partial charge is 0.379 e. The average Bonchev–Trinajstić information content (AvgIpc) is 2.45. The van der Waals surface area contributed by atoms with Gasteiger partial charge in [0.15, 0.2) is 0 Å². The van der Waals surface area contributed by atoms with Gasteiger partial charge >= 0.3 is 0 Å². The van der Waals surface area contributed by atoms with Gasteiger partial charge in [0.1, 0.15) is 0 Å². The van der Waals surface area contributed by atoms with Crippen LogP contribution in [0.25, 0.3) is 0 Å². The molecule has 2 rings (SSSR count). The molecular weight excluding hydrogens is 228 g/mol. The SMILES string of the molecule is CNC1CCC(OCCCN2CCOCC2)CC1. The van der Waals surface area contributed by atoms with Gasteiger partial charge in [-0.25, -0.2) is 0 Å². The molecule has 1 N–H and O–H groups in total. The third kappa shape index (κ3) is 4.84. The van der Waals surface area contributed by atoms with Crippen LogP contribution in [0.3, 0.4) is 0 Å². The van der Waals surface area contributed by atoms with E-state index in [1.807, 2.05) is 0 Å². The fourth-order valence-electron chi connectivity index (χ4n) is 2.88. The summed E-state index contributed by atoms with van der Waals surface area (Å²) in [7, 11) is 2.06. The first-order chi connectivity index (χ1) is 8.88. The molecule has 0 aromatic heterocycles. The number of hydrogen-bond donors (Lipinski definition) is 1. The van der Waals surface area contributed by atoms with Gasteiger partial charge in [-0.15, -0.1) is 0 Å². The molecule has 1 saturated carbocycles. The number of morpholine rings is 1. The van der Waals surface area contributed by atoms with Crippen LogP contribution < -0.4 is 5.32 Å². The minimum Gasteiger partial charge on any atom is -0.379 e. The lowest BCUT2D eigenvalue weighted by Crippen LogP contribution is -2.37. The van der Waals surface area contributed by atoms with Crippen LogP contribution in [0, 0.1) is 0 Å². The van der Waals surface area contributed by atoms with Crippen molar-refractivity contribution in [2.45, 2.75) is 44.2 Å². The predicted molar refractivity (Wildman–Crippen MR) is 72.9 cm³/mol. The van der Waals surface area contributed by atoms with Crippen LogP contribution in [-0.2, 0) is 9.47 Å². The molecule has 0 radical (unpaired) electrons. The smallest absolute Gasteiger partial charge is 0.0594 e. The number of nitrogens with zero attached hydrogens (tertiary/aromatic N) is 1. The molecule has 1 saturated heterocycles. The van der Waals surface area contributed by atoms with Crippen LogP contribution in [0.5, 0.6) is 0 Å². The maximum Gasteiger partial charge on any atom is 0.0594 e. The van der Waals surface area contributed by atoms with Gasteiger partial charge in [-0.05, 0) is 39.2 Å². The van der Waals surface area contributed by atoms with Crippen molar-refractivity contribution in [3.8, 4) is 0 Å². The van der Waals surface area contributed by atoms with Gasteiger partial charge in [0.05, 0.1) is 19.3 Å². The summed E-state index contributed by atoms with van der Waals surface area (Å²) in [5.41, 5.74) is 0. The Labute approximate surface area is 111 Å². The quantitative estimate of drug-likeness (QED) is 0.725. The summed E-state index contributed by atoms with van der Waals surface area (Å²) in [6.07, 6.45) is 6.66. The highest BCUT2D eigenvalue weighted by Crippen LogP contribution is 2.21. The van der Waals surface area contributed by atoms with E-state index in [1.165, 1.54) is 25.7 Å². The van der Waals surface area contributed by atoms with Gasteiger partial charge in [-0.3, -0.25) is 4.90 Å². The molecule has 1 heterocycles. The Bertz CT molecular complexity index is 212. The maximum atomic E-state index is 5.98. The molecule has 2 fully saturated rings. The number of rotatable bonds is 6. The Balaban J connectivity index is 1.48. The summed E-state index contributed by atoms with van der Waals surface area (Å²) < 4.78 is 11.3. The highest BCUT2D eigenvalue weighted by molar-refractivity contribution is 4.76. The van der Waals surface area contributed by atoms with Crippen molar-refractivity contribution in [3.63, 3.8) is 0 Å². The van der Waals surface area contributed by atoms with Crippen molar-refractivity contribution < 1.29 is 9.47 Å². The standard InChI is InChI=1S/C14H28N2O2/c1-15-13-3-5-14(6-4-13)18-10-2-7-16-8-11-17-12-9-16/h13-15H,2-12H2,1H3. The minimum absolute atomic E-state index is 0.513. The number of ether oxygens (including phenoxy) is 2. The van der Waals surface area contributed by atoms with Gasteiger partial charge in [-0.1, -0.05) is 0 Å². The topological polar surface area (TPSA) is 33.7 Å². The molecule has 0 spiro atoms. The fraction of sp³-hybridized carbons (Fsp3) is 1.00. The number of nitrogens with one attached hydrogen (secondary N) is 1. The molecular formula is C14H28N2O2. The van der Waals surface area contributed by atoms with E-state index in [2.05, 4.69) is 17.3 Å². The lowest BCUT2D eigenvalue weighted by molar-refractivity contribution is 0.00707. The maximum absolute atomic E-state index is 5.98. The van der Waals surface area contributed by atoms with Crippen molar-refractivity contribution in [3.05, 3.63) is 0 Å². The van der Waals surface area contributed by atoms with E-state index in [0.717, 1.165) is 51.9 Å². The number of hydrogen-bond acceptors (Lipinski definition) is 4. The molecule has 0 bridgehead atoms. The highest BCUT2D eigenvalue weighted by atomic mass is 16.5. The molecule has 0 aromatic rings. The second kappa shape index (κ2) is 8.10. The van der Waals surface area contributed by atoms with E-state index in [-0.39, 0.29) is 0 Å². The zero-order valence-electron chi connectivity index (χ0n) is 11.7. The van der Waals surface area contributed by atoms with Crippen LogP contribution >= 0.6 is 0 Å². The summed E-state index contributed by atoms with van der Waals surface area (Å²) in [4.78, 5) is 2.48. The molecule has 0 aromatic carbocycles. The van der Waals surface area contributed by atoms with E-state index in [0.29, 0.717) is 6.10 Å². The molecule has 0 atom stereocenters. The second-order valence-electron chi connectivity index (χ2n) is 5.44. The molecule has 1 aliphatic heterocycles. The van der Waals surface area contributed by atoms with Crippen molar-refractivity contribution in [1.29, 1.82) is 0 Å². The second-order valence-corrected chi connectivity index (χ2v) is 5.44. The van der Waals surface area contributed by atoms with Gasteiger partial charge in [0.2, 0.25) is 0 Å². The van der Waals surface area contributed by atoms with Crippen LogP contribution in [0.2, 0.25) is 0 Å². The molecule has 2 aliphatic rings. The highest BCUT2D eigenvalue weighted by Gasteiger charge is 2.20. The summed E-state index contributed by atoms with van der Waals surface area (Å²) in [6, 6.07) is 0.721. The van der Waals surface area contributed by atoms with E-state index in [1.54, 1.807) is 0 Å². The van der Waals surface area contributed by atoms with Crippen LogP contribution in [0.1, 0.15) is 32.1 Å². The monoisotopic (exact) mass is 256 g/mol. The summed E-state index contributed by atoms with van der Waals surface area (Å²) >= 11 is 0. The lowest BCUT2D eigenvalue weighted by atomic mass is 9.93. The Morgan fingerprint density at radius 1 is 1.17 bits per heavy atom. The molecule has 106 valence electrons. The van der Waals surface area contributed by atoms with Crippen molar-refractivity contribution in [1.82, 2.24) is 10.2 Å². The first-order valence-electron chi connectivity index (χ1n) is 7.47. The van der Waals surface area contributed by atoms with E-state index in [9.17, 15) is 0 Å². The summed E-state index contributed by atoms with van der Waals surface area (Å²) in [5, 5.41) is 3.36. The normalized spacial score (nSPS) is 30.5. The third-order valence-corrected chi connectivity index (χ3v) is 4.16. The fourth-order valence-corrected chi connectivity index (χ4v) is 2.88. The van der Waals surface area contributed by atoms with Crippen molar-refractivity contribution in [2.75, 3.05) is 46.5 Å². The summed E-state index contributed by atoms with van der Waals surface area (Å²) in [5.74, 6) is 0. The molecule has 1 aliphatic carbocycles. The molecule has 4 nitrogen and oxygen atoms in total. The minimum atomic E-state index is 0.513. The Morgan fingerprint density at radius 2 is 1.89 bits per heavy atom. The van der Waals surface area contributed by atoms with Crippen LogP contribution in [0.15, 0.2) is 0 Å². The molecule has 18 heavy (non-hydrogen) atoms. The van der Waals surface area contributed by atoms with Gasteiger partial charge < -0.3 is 14.8 Å². The third-order valence-electron chi connectivity index (χ3n) is 4.16. The molecule has 0 unspecified atom stereocenters. The zero-order chi connectivity index (χ0) is 12.6. The van der Waals surface area contributed by atoms with Crippen LogP contribution in [0.4, 0.5) is 0 Å². The van der Waals surface area contributed by atoms with E-state index >= 15 is 0 Å². The molecule has 0 amide bonds. The Kier molecular flexibility index (Phi) is 6.41. The van der Waals surface area contributed by atoms with E-state index in [4.69, 9.17) is 9.47 Å². The molecule has 4 heteroatoms. The van der Waals surface area contributed by atoms with Gasteiger partial charge in [0.25, 0.3) is 0 Å². The summed E-state index contributed by atoms with van der Waals surface area (Å²) in [6.45, 7) is 6.06. The van der Waals surface area contributed by atoms with Gasteiger partial charge in [0, 0.05) is 32.3 Å². The first-order valence-corrected chi connectivity index (χ1v) is 7.47.